The number of amides is 2. The summed E-state index contributed by atoms with van der Waals surface area (Å²) in [5.74, 6) is -1.00. The summed E-state index contributed by atoms with van der Waals surface area (Å²) in [7, 11) is -1.28. The number of hydrogen-bond donors (Lipinski definition) is 3. The van der Waals surface area contributed by atoms with Crippen LogP contribution in [0.2, 0.25) is 0 Å². The maximum absolute atomic E-state index is 12.1. The second-order valence-electron chi connectivity index (χ2n) is 5.76. The molecule has 0 saturated heterocycles. The zero-order valence-electron chi connectivity index (χ0n) is 13.4. The Balaban J connectivity index is 2.57. The Hall–Kier alpha value is -1.73. The zero-order chi connectivity index (χ0) is 17.4. The second kappa shape index (κ2) is 9.42. The molecule has 3 atom stereocenters. The number of benzene rings is 1. The van der Waals surface area contributed by atoms with Crippen LogP contribution in [0.4, 0.5) is 0 Å². The fraction of sp³-hybridized carbons (Fsp3) is 0.500. The molecule has 0 unspecified atom stereocenters. The molecule has 0 spiro atoms. The highest BCUT2D eigenvalue weighted by atomic mass is 32.2. The summed E-state index contributed by atoms with van der Waals surface area (Å²) >= 11 is 0. The number of carbonyl (C=O) groups excluding carboxylic acids is 2. The molecular formula is C16H24N2O4S. The third-order valence-corrected chi connectivity index (χ3v) is 4.66. The topological polar surface area (TPSA) is 109 Å². The van der Waals surface area contributed by atoms with Gasteiger partial charge in [0.05, 0.1) is 10.8 Å². The van der Waals surface area contributed by atoms with Gasteiger partial charge in [0, 0.05) is 10.6 Å². The summed E-state index contributed by atoms with van der Waals surface area (Å²) in [6.07, 6.45) is -0.735. The van der Waals surface area contributed by atoms with Crippen LogP contribution < -0.4 is 11.1 Å². The van der Waals surface area contributed by atoms with Crippen LogP contribution in [0.5, 0.6) is 0 Å². The fourth-order valence-electron chi connectivity index (χ4n) is 2.02. The molecule has 0 aliphatic rings. The number of primary amides is 1. The molecule has 1 aromatic carbocycles. The molecule has 6 nitrogen and oxygen atoms in total. The van der Waals surface area contributed by atoms with Gasteiger partial charge in [-0.25, -0.2) is 0 Å². The smallest absolute Gasteiger partial charge is 0.249 e. The molecule has 1 rings (SSSR count). The Labute approximate surface area is 138 Å². The van der Waals surface area contributed by atoms with Crippen LogP contribution in [0, 0.1) is 5.92 Å². The largest absolute Gasteiger partial charge is 0.383 e. The van der Waals surface area contributed by atoms with Crippen molar-refractivity contribution in [2.45, 2.75) is 43.7 Å². The first kappa shape index (κ1) is 19.3. The van der Waals surface area contributed by atoms with E-state index in [0.29, 0.717) is 11.3 Å². The molecule has 4 N–H and O–H groups in total. The van der Waals surface area contributed by atoms with Crippen molar-refractivity contribution >= 4 is 22.6 Å². The number of carbonyl (C=O) groups is 2. The maximum atomic E-state index is 12.1. The van der Waals surface area contributed by atoms with E-state index in [9.17, 15) is 18.9 Å². The highest BCUT2D eigenvalue weighted by molar-refractivity contribution is 7.85. The molecule has 0 aliphatic carbocycles. The van der Waals surface area contributed by atoms with Crippen molar-refractivity contribution in [3.8, 4) is 0 Å². The van der Waals surface area contributed by atoms with Crippen LogP contribution in [0.3, 0.4) is 0 Å². The minimum absolute atomic E-state index is 0.147. The first-order valence-electron chi connectivity index (χ1n) is 7.52. The minimum atomic E-state index is -1.28. The molecule has 1 aromatic rings. The Morgan fingerprint density at radius 2 is 1.87 bits per heavy atom. The third-order valence-electron chi connectivity index (χ3n) is 3.26. The van der Waals surface area contributed by atoms with Gasteiger partial charge in [-0.05, 0) is 30.9 Å². The van der Waals surface area contributed by atoms with Crippen molar-refractivity contribution in [3.05, 3.63) is 30.3 Å². The monoisotopic (exact) mass is 340 g/mol. The molecule has 0 aromatic heterocycles. The average molecular weight is 340 g/mol. The first-order valence-corrected chi connectivity index (χ1v) is 8.84. The van der Waals surface area contributed by atoms with Crippen molar-refractivity contribution < 1.29 is 18.9 Å². The summed E-state index contributed by atoms with van der Waals surface area (Å²) in [5, 5.41) is 12.2. The normalized spacial score (nSPS) is 15.0. The fourth-order valence-corrected chi connectivity index (χ4v) is 3.17. The number of aliphatic hydroxyl groups excluding tert-OH is 1. The third kappa shape index (κ3) is 6.92. The van der Waals surface area contributed by atoms with Gasteiger partial charge in [0.15, 0.2) is 0 Å². The summed E-state index contributed by atoms with van der Waals surface area (Å²) < 4.78 is 12.1. The number of rotatable bonds is 9. The van der Waals surface area contributed by atoms with E-state index in [1.54, 1.807) is 24.3 Å². The molecule has 0 heterocycles. The van der Waals surface area contributed by atoms with E-state index in [2.05, 4.69) is 5.32 Å². The van der Waals surface area contributed by atoms with E-state index < -0.39 is 34.8 Å². The van der Waals surface area contributed by atoms with Crippen molar-refractivity contribution in [1.82, 2.24) is 5.32 Å². The van der Waals surface area contributed by atoms with Gasteiger partial charge in [-0.15, -0.1) is 0 Å². The predicted molar refractivity (Wildman–Crippen MR) is 88.9 cm³/mol. The molecule has 128 valence electrons. The molecule has 2 amide bonds. The van der Waals surface area contributed by atoms with Crippen LogP contribution in [0.1, 0.15) is 26.7 Å². The standard InChI is InChI=1S/C16H24N2O4S/c1-11(2)10-14(19)16(21)18-13(15(17)20)8-9-23(22)12-6-4-3-5-7-12/h3-7,11,13-14,19H,8-10H2,1-2H3,(H2,17,20)(H,18,21)/t13-,14-,23+/m0/s1. The van der Waals surface area contributed by atoms with Gasteiger partial charge in [0.25, 0.3) is 0 Å². The van der Waals surface area contributed by atoms with Gasteiger partial charge >= 0.3 is 0 Å². The van der Waals surface area contributed by atoms with Gasteiger partial charge in [-0.2, -0.15) is 0 Å². The Kier molecular flexibility index (Phi) is 7.91. The Morgan fingerprint density at radius 1 is 1.26 bits per heavy atom. The van der Waals surface area contributed by atoms with Crippen molar-refractivity contribution in [3.63, 3.8) is 0 Å². The molecular weight excluding hydrogens is 316 g/mol. The van der Waals surface area contributed by atoms with Crippen LogP contribution in [-0.2, 0) is 20.4 Å². The molecule has 0 aliphatic heterocycles. The highest BCUT2D eigenvalue weighted by Gasteiger charge is 2.23. The molecule has 0 saturated carbocycles. The molecule has 0 bridgehead atoms. The molecule has 0 fully saturated rings. The lowest BCUT2D eigenvalue weighted by atomic mass is 10.1. The maximum Gasteiger partial charge on any atom is 0.249 e. The summed E-state index contributed by atoms with van der Waals surface area (Å²) in [6.45, 7) is 3.76. The summed E-state index contributed by atoms with van der Waals surface area (Å²) in [4.78, 5) is 24.0. The highest BCUT2D eigenvalue weighted by Crippen LogP contribution is 2.09. The number of hydrogen-bond acceptors (Lipinski definition) is 4. The van der Waals surface area contributed by atoms with Gasteiger partial charge < -0.3 is 16.2 Å². The minimum Gasteiger partial charge on any atom is -0.383 e. The molecule has 0 radical (unpaired) electrons. The van der Waals surface area contributed by atoms with E-state index in [-0.39, 0.29) is 18.1 Å². The SMILES string of the molecule is CC(C)C[C@H](O)C(=O)N[C@@H](CC[S@@](=O)c1ccccc1)C(N)=O. The van der Waals surface area contributed by atoms with Crippen LogP contribution in [0.25, 0.3) is 0 Å². The average Bonchev–Trinajstić information content (AvgIpc) is 2.50. The van der Waals surface area contributed by atoms with E-state index in [0.717, 1.165) is 0 Å². The van der Waals surface area contributed by atoms with Gasteiger partial charge in [0.2, 0.25) is 11.8 Å². The van der Waals surface area contributed by atoms with Crippen LogP contribution in [-0.4, -0.2) is 39.0 Å². The van der Waals surface area contributed by atoms with E-state index in [1.165, 1.54) is 0 Å². The first-order chi connectivity index (χ1) is 10.8. The van der Waals surface area contributed by atoms with E-state index in [1.807, 2.05) is 19.9 Å². The second-order valence-corrected chi connectivity index (χ2v) is 7.33. The Bertz CT molecular complexity index is 548. The van der Waals surface area contributed by atoms with Crippen molar-refractivity contribution in [2.24, 2.45) is 11.7 Å². The summed E-state index contributed by atoms with van der Waals surface area (Å²) in [6, 6.07) is 7.91. The zero-order valence-corrected chi connectivity index (χ0v) is 14.2. The van der Waals surface area contributed by atoms with E-state index >= 15 is 0 Å². The quantitative estimate of drug-likeness (QED) is 0.610. The van der Waals surface area contributed by atoms with Crippen molar-refractivity contribution in [2.75, 3.05) is 5.75 Å². The predicted octanol–water partition coefficient (Wildman–Crippen LogP) is 0.561. The van der Waals surface area contributed by atoms with Gasteiger partial charge in [-0.1, -0.05) is 32.0 Å². The number of nitrogens with two attached hydrogens (primary N) is 1. The number of aliphatic hydroxyl groups is 1. The lowest BCUT2D eigenvalue weighted by molar-refractivity contribution is -0.133. The van der Waals surface area contributed by atoms with Crippen LogP contribution in [0.15, 0.2) is 35.2 Å². The number of nitrogens with one attached hydrogen (secondary N) is 1. The van der Waals surface area contributed by atoms with Crippen LogP contribution >= 0.6 is 0 Å². The molecule has 7 heteroatoms. The summed E-state index contributed by atoms with van der Waals surface area (Å²) in [5.41, 5.74) is 5.28. The Morgan fingerprint density at radius 3 is 2.39 bits per heavy atom. The van der Waals surface area contributed by atoms with Crippen molar-refractivity contribution in [1.29, 1.82) is 0 Å². The lowest BCUT2D eigenvalue weighted by Crippen LogP contribution is -2.48. The lowest BCUT2D eigenvalue weighted by Gasteiger charge is -2.18. The van der Waals surface area contributed by atoms with Gasteiger partial charge in [0.1, 0.15) is 12.1 Å². The van der Waals surface area contributed by atoms with Gasteiger partial charge in [-0.3, -0.25) is 13.8 Å². The molecule has 23 heavy (non-hydrogen) atoms. The van der Waals surface area contributed by atoms with E-state index in [4.69, 9.17) is 5.73 Å².